The van der Waals surface area contributed by atoms with Gasteiger partial charge in [-0.05, 0) is 31.0 Å². The molecule has 1 N–H and O–H groups in total. The largest absolute Gasteiger partial charge is 0.378 e. The molecule has 2 aromatic rings. The first-order valence-corrected chi connectivity index (χ1v) is 7.32. The minimum absolute atomic E-state index is 0.267. The first-order chi connectivity index (χ1) is 10.6. The summed E-state index contributed by atoms with van der Waals surface area (Å²) in [6, 6.07) is 7.48. The van der Waals surface area contributed by atoms with Crippen molar-refractivity contribution in [2.75, 3.05) is 36.5 Å². The second kappa shape index (κ2) is 6.19. The fourth-order valence-corrected chi connectivity index (χ4v) is 2.38. The van der Waals surface area contributed by atoms with Crippen LogP contribution in [-0.2, 0) is 4.74 Å². The summed E-state index contributed by atoms with van der Waals surface area (Å²) >= 11 is 0. The number of nitrogens with one attached hydrogen (secondary N) is 1. The molecular weight excluding hydrogens is 282 g/mol. The molecule has 1 aromatic heterocycles. The highest BCUT2D eigenvalue weighted by atomic mass is 16.5. The molecule has 1 amide bonds. The number of carbonyl (C=O) groups excluding carboxylic acids is 1. The zero-order valence-corrected chi connectivity index (χ0v) is 12.8. The van der Waals surface area contributed by atoms with Crippen molar-refractivity contribution >= 4 is 17.5 Å². The average Bonchev–Trinajstić information content (AvgIpc) is 3.03. The number of aryl methyl sites for hydroxylation is 1. The van der Waals surface area contributed by atoms with Crippen molar-refractivity contribution in [3.63, 3.8) is 0 Å². The van der Waals surface area contributed by atoms with Gasteiger partial charge in [-0.3, -0.25) is 4.79 Å². The van der Waals surface area contributed by atoms with Gasteiger partial charge in [-0.15, -0.1) is 0 Å². The van der Waals surface area contributed by atoms with Gasteiger partial charge in [-0.2, -0.15) is 0 Å². The molecule has 0 spiro atoms. The number of nitrogens with zero attached hydrogens (tertiary/aromatic N) is 2. The van der Waals surface area contributed by atoms with Gasteiger partial charge in [0.05, 0.1) is 13.2 Å². The lowest BCUT2D eigenvalue weighted by molar-refractivity contribution is 0.101. The lowest BCUT2D eigenvalue weighted by Gasteiger charge is -2.25. The van der Waals surface area contributed by atoms with E-state index in [1.54, 1.807) is 6.07 Å². The Kier molecular flexibility index (Phi) is 4.11. The van der Waals surface area contributed by atoms with E-state index in [0.29, 0.717) is 19.1 Å². The summed E-state index contributed by atoms with van der Waals surface area (Å²) in [5, 5.41) is 6.75. The Bertz CT molecular complexity index is 675. The van der Waals surface area contributed by atoms with Crippen LogP contribution >= 0.6 is 0 Å². The van der Waals surface area contributed by atoms with Crippen molar-refractivity contribution in [2.45, 2.75) is 13.8 Å². The van der Waals surface area contributed by atoms with Gasteiger partial charge in [0.25, 0.3) is 5.91 Å². The van der Waals surface area contributed by atoms with E-state index in [4.69, 9.17) is 9.26 Å². The summed E-state index contributed by atoms with van der Waals surface area (Å²) in [4.78, 5) is 14.3. The summed E-state index contributed by atoms with van der Waals surface area (Å²) in [5.74, 6) is 0.339. The van der Waals surface area contributed by atoms with Gasteiger partial charge in [0, 0.05) is 24.8 Å². The molecule has 0 saturated carbocycles. The molecule has 1 aliphatic heterocycles. The van der Waals surface area contributed by atoms with Crippen molar-refractivity contribution in [3.05, 3.63) is 41.1 Å². The summed E-state index contributed by atoms with van der Waals surface area (Å²) in [6.07, 6.45) is 0. The fourth-order valence-electron chi connectivity index (χ4n) is 2.38. The Morgan fingerprint density at radius 1 is 1.27 bits per heavy atom. The zero-order chi connectivity index (χ0) is 15.5. The Morgan fingerprint density at radius 3 is 2.82 bits per heavy atom. The maximum absolute atomic E-state index is 12.3. The van der Waals surface area contributed by atoms with E-state index < -0.39 is 0 Å². The van der Waals surface area contributed by atoms with Gasteiger partial charge >= 0.3 is 0 Å². The molecule has 2 heterocycles. The van der Waals surface area contributed by atoms with Crippen molar-refractivity contribution in [1.82, 2.24) is 5.16 Å². The van der Waals surface area contributed by atoms with E-state index in [1.165, 1.54) is 0 Å². The quantitative estimate of drug-likeness (QED) is 0.942. The van der Waals surface area contributed by atoms with Crippen molar-refractivity contribution < 1.29 is 14.1 Å². The Balaban J connectivity index is 1.72. The second-order valence-corrected chi connectivity index (χ2v) is 5.35. The van der Waals surface area contributed by atoms with Crippen LogP contribution < -0.4 is 10.2 Å². The van der Waals surface area contributed by atoms with Crippen LogP contribution in [0, 0.1) is 13.8 Å². The monoisotopic (exact) mass is 301 g/mol. The van der Waals surface area contributed by atoms with E-state index >= 15 is 0 Å². The lowest BCUT2D eigenvalue weighted by Crippen LogP contribution is -2.35. The number of aromatic nitrogens is 1. The third-order valence-electron chi connectivity index (χ3n) is 3.91. The van der Waals surface area contributed by atoms with Gasteiger partial charge < -0.3 is 19.5 Å². The predicted octanol–water partition coefficient (Wildman–Crippen LogP) is 2.38. The van der Waals surface area contributed by atoms with Crippen LogP contribution in [0.3, 0.4) is 0 Å². The number of rotatable bonds is 3. The number of hydrogen-bond acceptors (Lipinski definition) is 5. The van der Waals surface area contributed by atoms with Crippen molar-refractivity contribution in [1.29, 1.82) is 0 Å². The maximum atomic E-state index is 12.3. The van der Waals surface area contributed by atoms with Crippen LogP contribution in [0.4, 0.5) is 11.6 Å². The Labute approximate surface area is 129 Å². The van der Waals surface area contributed by atoms with Crippen LogP contribution in [0.1, 0.15) is 21.6 Å². The first-order valence-electron chi connectivity index (χ1n) is 7.32. The maximum Gasteiger partial charge on any atom is 0.277 e. The molecule has 6 nitrogen and oxygen atoms in total. The van der Waals surface area contributed by atoms with Crippen LogP contribution in [0.25, 0.3) is 0 Å². The topological polar surface area (TPSA) is 67.6 Å². The van der Waals surface area contributed by atoms with Gasteiger partial charge in [-0.25, -0.2) is 0 Å². The number of ether oxygens (including phenoxy) is 1. The summed E-state index contributed by atoms with van der Waals surface area (Å²) < 4.78 is 10.6. The molecule has 22 heavy (non-hydrogen) atoms. The summed E-state index contributed by atoms with van der Waals surface area (Å²) in [5.41, 5.74) is 3.25. The summed E-state index contributed by atoms with van der Waals surface area (Å²) in [6.45, 7) is 6.79. The smallest absolute Gasteiger partial charge is 0.277 e. The molecule has 6 heteroatoms. The van der Waals surface area contributed by atoms with E-state index in [9.17, 15) is 4.79 Å². The number of anilines is 2. The SMILES string of the molecule is Cc1cccc(NC(=O)c2cc(N3CCOCC3)on2)c1C. The highest BCUT2D eigenvalue weighted by Gasteiger charge is 2.19. The number of carbonyl (C=O) groups is 1. The zero-order valence-electron chi connectivity index (χ0n) is 12.8. The van der Waals surface area contributed by atoms with E-state index in [-0.39, 0.29) is 11.6 Å². The Morgan fingerprint density at radius 2 is 2.05 bits per heavy atom. The number of amides is 1. The van der Waals surface area contributed by atoms with Gasteiger partial charge in [0.1, 0.15) is 0 Å². The molecular formula is C16H19N3O3. The number of benzene rings is 1. The third-order valence-corrected chi connectivity index (χ3v) is 3.91. The van der Waals surface area contributed by atoms with Crippen LogP contribution in [-0.4, -0.2) is 37.4 Å². The third kappa shape index (κ3) is 2.96. The molecule has 1 saturated heterocycles. The van der Waals surface area contributed by atoms with Crippen LogP contribution in [0.5, 0.6) is 0 Å². The van der Waals surface area contributed by atoms with E-state index in [2.05, 4.69) is 10.5 Å². The van der Waals surface area contributed by atoms with Crippen LogP contribution in [0.15, 0.2) is 28.8 Å². The average molecular weight is 301 g/mol. The minimum Gasteiger partial charge on any atom is -0.378 e. The molecule has 0 aliphatic carbocycles. The van der Waals surface area contributed by atoms with E-state index in [0.717, 1.165) is 29.9 Å². The molecule has 116 valence electrons. The lowest BCUT2D eigenvalue weighted by atomic mass is 10.1. The molecule has 0 unspecified atom stereocenters. The molecule has 1 fully saturated rings. The molecule has 1 aliphatic rings. The molecule has 1 aromatic carbocycles. The van der Waals surface area contributed by atoms with Crippen molar-refractivity contribution in [2.24, 2.45) is 0 Å². The normalized spacial score (nSPS) is 14.9. The van der Waals surface area contributed by atoms with Gasteiger partial charge in [-0.1, -0.05) is 17.3 Å². The highest BCUT2D eigenvalue weighted by molar-refractivity contribution is 6.03. The molecule has 0 bridgehead atoms. The van der Waals surface area contributed by atoms with Crippen molar-refractivity contribution in [3.8, 4) is 0 Å². The van der Waals surface area contributed by atoms with Gasteiger partial charge in [0.2, 0.25) is 5.88 Å². The first kappa shape index (κ1) is 14.6. The predicted molar refractivity (Wildman–Crippen MR) is 83.4 cm³/mol. The molecule has 0 atom stereocenters. The highest BCUT2D eigenvalue weighted by Crippen LogP contribution is 2.21. The number of morpholine rings is 1. The standard InChI is InChI=1S/C16H19N3O3/c1-11-4-3-5-13(12(11)2)17-16(20)14-10-15(22-18-14)19-6-8-21-9-7-19/h3-5,10H,6-9H2,1-2H3,(H,17,20). The summed E-state index contributed by atoms with van der Waals surface area (Å²) in [7, 11) is 0. The Hall–Kier alpha value is -2.34. The second-order valence-electron chi connectivity index (χ2n) is 5.35. The van der Waals surface area contributed by atoms with Crippen LogP contribution in [0.2, 0.25) is 0 Å². The molecule has 3 rings (SSSR count). The van der Waals surface area contributed by atoms with Gasteiger partial charge in [0.15, 0.2) is 5.69 Å². The number of hydrogen-bond donors (Lipinski definition) is 1. The van der Waals surface area contributed by atoms with E-state index in [1.807, 2.05) is 36.9 Å². The molecule has 0 radical (unpaired) electrons. The minimum atomic E-state index is -0.267. The fraction of sp³-hybridized carbons (Fsp3) is 0.375.